The highest BCUT2D eigenvalue weighted by Gasteiger charge is 2.38. The van der Waals surface area contributed by atoms with E-state index >= 15 is 0 Å². The Kier molecular flexibility index (Phi) is 4.13. The molecule has 2 aliphatic heterocycles. The maximum absolute atomic E-state index is 13.0. The molecule has 4 rings (SSSR count). The minimum absolute atomic E-state index is 0.00932. The Bertz CT molecular complexity index is 1120. The Morgan fingerprint density at radius 2 is 2.07 bits per heavy atom. The van der Waals surface area contributed by atoms with Gasteiger partial charge < -0.3 is 4.90 Å². The molecule has 0 unspecified atom stereocenters. The number of nitrogens with zero attached hydrogens (tertiary/aromatic N) is 2. The molecule has 0 radical (unpaired) electrons. The standard InChI is InChI=1S/C19H16ClN3O3S/c1-11-16-9-15(7-12-3-2-6-23(18(12)16)19(11)24)27(25,26)22-17-8-14(20)5-4-13(17)10-21/h4-5,7-9,11,22H,2-3,6H2,1H3/t11-/m1/s1. The number of rotatable bonds is 3. The molecule has 2 aromatic rings. The van der Waals surface area contributed by atoms with E-state index in [1.165, 1.54) is 18.2 Å². The predicted octanol–water partition coefficient (Wildman–Crippen LogP) is 3.41. The van der Waals surface area contributed by atoms with Crippen LogP contribution in [-0.2, 0) is 21.2 Å². The van der Waals surface area contributed by atoms with Crippen molar-refractivity contribution < 1.29 is 13.2 Å². The maximum Gasteiger partial charge on any atom is 0.261 e. The molecule has 8 heteroatoms. The lowest BCUT2D eigenvalue weighted by Gasteiger charge is -2.26. The van der Waals surface area contributed by atoms with Crippen LogP contribution >= 0.6 is 11.6 Å². The second-order valence-electron chi connectivity index (χ2n) is 6.74. The van der Waals surface area contributed by atoms with E-state index in [2.05, 4.69) is 4.72 Å². The van der Waals surface area contributed by atoms with Crippen molar-refractivity contribution in [2.75, 3.05) is 16.2 Å². The third kappa shape index (κ3) is 2.85. The first kappa shape index (κ1) is 17.8. The zero-order valence-electron chi connectivity index (χ0n) is 14.5. The Hall–Kier alpha value is -2.56. The molecule has 0 aliphatic carbocycles. The van der Waals surface area contributed by atoms with Crippen molar-refractivity contribution in [3.63, 3.8) is 0 Å². The fraction of sp³-hybridized carbons (Fsp3) is 0.263. The van der Waals surface area contributed by atoms with Crippen LogP contribution in [0.15, 0.2) is 35.2 Å². The SMILES string of the molecule is C[C@H]1C(=O)N2CCCc3cc(S(=O)(=O)Nc4cc(Cl)ccc4C#N)cc1c32. The molecule has 6 nitrogen and oxygen atoms in total. The van der Waals surface area contributed by atoms with Gasteiger partial charge in [0.05, 0.1) is 27.8 Å². The first-order valence-corrected chi connectivity index (χ1v) is 10.4. The molecule has 0 saturated heterocycles. The Balaban J connectivity index is 1.80. The molecule has 1 N–H and O–H groups in total. The van der Waals surface area contributed by atoms with E-state index in [1.54, 1.807) is 24.0 Å². The molecular weight excluding hydrogens is 386 g/mol. The number of nitrogens with one attached hydrogen (secondary N) is 1. The number of sulfonamides is 1. The number of halogens is 1. The smallest absolute Gasteiger partial charge is 0.261 e. The summed E-state index contributed by atoms with van der Waals surface area (Å²) >= 11 is 5.94. The normalized spacial score (nSPS) is 18.2. The van der Waals surface area contributed by atoms with Gasteiger partial charge in [0.1, 0.15) is 6.07 Å². The minimum Gasteiger partial charge on any atom is -0.311 e. The van der Waals surface area contributed by atoms with Gasteiger partial charge in [-0.1, -0.05) is 11.6 Å². The van der Waals surface area contributed by atoms with Crippen LogP contribution in [0.4, 0.5) is 11.4 Å². The van der Waals surface area contributed by atoms with Crippen molar-refractivity contribution in [3.05, 3.63) is 52.0 Å². The molecular formula is C19H16ClN3O3S. The largest absolute Gasteiger partial charge is 0.311 e. The fourth-order valence-electron chi connectivity index (χ4n) is 3.72. The molecule has 138 valence electrons. The van der Waals surface area contributed by atoms with Gasteiger partial charge in [-0.25, -0.2) is 8.42 Å². The summed E-state index contributed by atoms with van der Waals surface area (Å²) < 4.78 is 28.4. The van der Waals surface area contributed by atoms with Crippen molar-refractivity contribution in [3.8, 4) is 6.07 Å². The summed E-state index contributed by atoms with van der Waals surface area (Å²) in [7, 11) is -3.94. The van der Waals surface area contributed by atoms with Crippen LogP contribution in [0, 0.1) is 11.3 Å². The molecule has 0 bridgehead atoms. The van der Waals surface area contributed by atoms with E-state index in [4.69, 9.17) is 11.6 Å². The Labute approximate surface area is 162 Å². The average Bonchev–Trinajstić information content (AvgIpc) is 2.88. The van der Waals surface area contributed by atoms with Gasteiger partial charge in [-0.2, -0.15) is 5.26 Å². The van der Waals surface area contributed by atoms with Crippen LogP contribution < -0.4 is 9.62 Å². The van der Waals surface area contributed by atoms with Crippen LogP contribution in [0.3, 0.4) is 0 Å². The molecule has 0 aromatic heterocycles. The number of carbonyl (C=O) groups excluding carboxylic acids is 1. The molecule has 0 saturated carbocycles. The molecule has 27 heavy (non-hydrogen) atoms. The van der Waals surface area contributed by atoms with Crippen molar-refractivity contribution in [1.29, 1.82) is 5.26 Å². The second-order valence-corrected chi connectivity index (χ2v) is 8.86. The summed E-state index contributed by atoms with van der Waals surface area (Å²) in [6, 6.07) is 9.53. The highest BCUT2D eigenvalue weighted by atomic mass is 35.5. The molecule has 0 fully saturated rings. The van der Waals surface area contributed by atoms with Crippen molar-refractivity contribution >= 4 is 38.9 Å². The number of carbonyl (C=O) groups is 1. The van der Waals surface area contributed by atoms with Gasteiger partial charge >= 0.3 is 0 Å². The maximum atomic E-state index is 13.0. The monoisotopic (exact) mass is 401 g/mol. The highest BCUT2D eigenvalue weighted by Crippen LogP contribution is 2.44. The minimum atomic E-state index is -3.94. The van der Waals surface area contributed by atoms with Crippen LogP contribution in [0.1, 0.15) is 36.0 Å². The number of benzene rings is 2. The number of amides is 1. The number of hydrogen-bond acceptors (Lipinski definition) is 4. The van der Waals surface area contributed by atoms with Gasteiger partial charge in [-0.05, 0) is 61.2 Å². The van der Waals surface area contributed by atoms with Crippen LogP contribution in [0.2, 0.25) is 5.02 Å². The van der Waals surface area contributed by atoms with E-state index in [-0.39, 0.29) is 28.0 Å². The van der Waals surface area contributed by atoms with Gasteiger partial charge in [0.15, 0.2) is 0 Å². The fourth-order valence-corrected chi connectivity index (χ4v) is 5.05. The first-order valence-electron chi connectivity index (χ1n) is 8.52. The third-order valence-electron chi connectivity index (χ3n) is 5.05. The zero-order chi connectivity index (χ0) is 19.3. The number of hydrogen-bond donors (Lipinski definition) is 1. The van der Waals surface area contributed by atoms with E-state index < -0.39 is 10.0 Å². The van der Waals surface area contributed by atoms with Crippen LogP contribution in [-0.4, -0.2) is 20.9 Å². The molecule has 2 aromatic carbocycles. The second kappa shape index (κ2) is 6.25. The lowest BCUT2D eigenvalue weighted by Crippen LogP contribution is -2.32. The number of nitriles is 1. The van der Waals surface area contributed by atoms with E-state index in [0.717, 1.165) is 29.7 Å². The third-order valence-corrected chi connectivity index (χ3v) is 6.63. The lowest BCUT2D eigenvalue weighted by molar-refractivity contribution is -0.119. The lowest BCUT2D eigenvalue weighted by atomic mass is 9.97. The quantitative estimate of drug-likeness (QED) is 0.853. The van der Waals surface area contributed by atoms with Crippen LogP contribution in [0.25, 0.3) is 0 Å². The van der Waals surface area contributed by atoms with Gasteiger partial charge in [0, 0.05) is 11.6 Å². The summed E-state index contributed by atoms with van der Waals surface area (Å²) in [6.07, 6.45) is 1.53. The number of anilines is 2. The molecule has 0 spiro atoms. The van der Waals surface area contributed by atoms with Crippen LogP contribution in [0.5, 0.6) is 0 Å². The molecule has 2 aliphatic rings. The summed E-state index contributed by atoms with van der Waals surface area (Å²) in [6.45, 7) is 2.46. The number of aryl methyl sites for hydroxylation is 1. The van der Waals surface area contributed by atoms with Gasteiger partial charge in [-0.3, -0.25) is 9.52 Å². The topological polar surface area (TPSA) is 90.3 Å². The van der Waals surface area contributed by atoms with Gasteiger partial charge in [-0.15, -0.1) is 0 Å². The highest BCUT2D eigenvalue weighted by molar-refractivity contribution is 7.92. The Morgan fingerprint density at radius 1 is 1.30 bits per heavy atom. The zero-order valence-corrected chi connectivity index (χ0v) is 16.1. The van der Waals surface area contributed by atoms with E-state index in [1.807, 2.05) is 6.07 Å². The van der Waals surface area contributed by atoms with Crippen molar-refractivity contribution in [1.82, 2.24) is 0 Å². The summed E-state index contributed by atoms with van der Waals surface area (Å²) in [4.78, 5) is 14.3. The molecule has 1 atom stereocenters. The predicted molar refractivity (Wildman–Crippen MR) is 103 cm³/mol. The van der Waals surface area contributed by atoms with Gasteiger partial charge in [0.2, 0.25) is 5.91 Å². The Morgan fingerprint density at radius 3 is 2.81 bits per heavy atom. The summed E-state index contributed by atoms with van der Waals surface area (Å²) in [5.74, 6) is -0.358. The molecule has 2 heterocycles. The first-order chi connectivity index (χ1) is 12.8. The van der Waals surface area contributed by atoms with Gasteiger partial charge in [0.25, 0.3) is 10.0 Å². The van der Waals surface area contributed by atoms with E-state index in [0.29, 0.717) is 11.6 Å². The van der Waals surface area contributed by atoms with Crippen molar-refractivity contribution in [2.24, 2.45) is 0 Å². The van der Waals surface area contributed by atoms with E-state index in [9.17, 15) is 18.5 Å². The molecule has 1 amide bonds. The van der Waals surface area contributed by atoms with Crippen molar-refractivity contribution in [2.45, 2.75) is 30.6 Å². The average molecular weight is 402 g/mol. The summed E-state index contributed by atoms with van der Waals surface area (Å²) in [5.41, 5.74) is 2.77. The summed E-state index contributed by atoms with van der Waals surface area (Å²) in [5, 5.41) is 9.54.